The summed E-state index contributed by atoms with van der Waals surface area (Å²) in [4.78, 5) is 11.7. The number of hydrogen-bond acceptors (Lipinski definition) is 3. The SMILES string of the molecule is CCOC(=O)c1ccc(NC#CCCCCCCCCCCCCCCC(C)Cc2ccc(Cl)cc2)cc1. The molecule has 0 aliphatic heterocycles. The van der Waals surface area contributed by atoms with Gasteiger partial charge in [-0.3, -0.25) is 0 Å². The van der Waals surface area contributed by atoms with Crippen molar-refractivity contribution >= 4 is 23.3 Å². The zero-order chi connectivity index (χ0) is 27.3. The van der Waals surface area contributed by atoms with Crippen molar-refractivity contribution < 1.29 is 9.53 Å². The van der Waals surface area contributed by atoms with Gasteiger partial charge in [0.1, 0.15) is 0 Å². The third-order valence-corrected chi connectivity index (χ3v) is 7.19. The smallest absolute Gasteiger partial charge is 0.338 e. The molecule has 2 aromatic rings. The summed E-state index contributed by atoms with van der Waals surface area (Å²) in [5, 5.41) is 3.91. The molecular weight excluding hydrogens is 490 g/mol. The van der Waals surface area contributed by atoms with Crippen LogP contribution < -0.4 is 5.32 Å². The number of nitrogens with one attached hydrogen (secondary N) is 1. The minimum absolute atomic E-state index is 0.289. The van der Waals surface area contributed by atoms with Crippen LogP contribution in [0.25, 0.3) is 0 Å². The van der Waals surface area contributed by atoms with Crippen LogP contribution in [-0.2, 0) is 11.2 Å². The van der Waals surface area contributed by atoms with Crippen molar-refractivity contribution in [2.75, 3.05) is 11.9 Å². The first-order valence-corrected chi connectivity index (χ1v) is 15.2. The van der Waals surface area contributed by atoms with E-state index >= 15 is 0 Å². The van der Waals surface area contributed by atoms with Crippen LogP contribution in [0, 0.1) is 17.9 Å². The van der Waals surface area contributed by atoms with Crippen molar-refractivity contribution in [1.29, 1.82) is 0 Å². The van der Waals surface area contributed by atoms with E-state index < -0.39 is 0 Å². The zero-order valence-corrected chi connectivity index (χ0v) is 24.5. The lowest BCUT2D eigenvalue weighted by Gasteiger charge is -2.11. The Kier molecular flexibility index (Phi) is 17.2. The maximum absolute atomic E-state index is 11.7. The molecule has 0 bridgehead atoms. The molecule has 0 spiro atoms. The molecule has 0 radical (unpaired) electrons. The first kappa shape index (κ1) is 31.8. The van der Waals surface area contributed by atoms with Gasteiger partial charge in [-0.05, 0) is 67.6 Å². The number of esters is 1. The second-order valence-electron chi connectivity index (χ2n) is 10.4. The van der Waals surface area contributed by atoms with Gasteiger partial charge in [-0.1, -0.05) is 114 Å². The van der Waals surface area contributed by atoms with Gasteiger partial charge in [0.25, 0.3) is 0 Å². The standard InChI is InChI=1S/C34H48ClNO2/c1-3-38-34(37)31-21-25-33(26-22-31)36-27-17-15-13-11-9-7-5-4-6-8-10-12-14-16-18-29(2)28-30-19-23-32(35)24-20-30/h19-26,29,36H,3-16,18,28H2,1-2H3. The first-order valence-electron chi connectivity index (χ1n) is 14.8. The van der Waals surface area contributed by atoms with Crippen LogP contribution in [0.15, 0.2) is 48.5 Å². The molecule has 0 saturated carbocycles. The van der Waals surface area contributed by atoms with Crippen molar-refractivity contribution in [2.45, 2.75) is 110 Å². The van der Waals surface area contributed by atoms with Crippen molar-refractivity contribution in [3.8, 4) is 12.0 Å². The summed E-state index contributed by atoms with van der Waals surface area (Å²) >= 11 is 5.97. The molecule has 0 aliphatic rings. The largest absolute Gasteiger partial charge is 0.462 e. The van der Waals surface area contributed by atoms with E-state index in [1.807, 2.05) is 24.3 Å². The molecule has 0 heterocycles. The highest BCUT2D eigenvalue weighted by Crippen LogP contribution is 2.19. The van der Waals surface area contributed by atoms with Crippen LogP contribution in [0.2, 0.25) is 5.02 Å². The van der Waals surface area contributed by atoms with Crippen molar-refractivity contribution in [1.82, 2.24) is 0 Å². The second kappa shape index (κ2) is 20.5. The summed E-state index contributed by atoms with van der Waals surface area (Å²) in [6, 6.07) is 18.6. The van der Waals surface area contributed by atoms with Gasteiger partial charge < -0.3 is 10.1 Å². The third-order valence-electron chi connectivity index (χ3n) is 6.94. The molecule has 2 aromatic carbocycles. The average molecular weight is 538 g/mol. The Morgan fingerprint density at radius 2 is 1.37 bits per heavy atom. The topological polar surface area (TPSA) is 38.3 Å². The number of ether oxygens (including phenoxy) is 1. The number of carbonyl (C=O) groups is 1. The number of unbranched alkanes of at least 4 members (excludes halogenated alkanes) is 12. The highest BCUT2D eigenvalue weighted by atomic mass is 35.5. The molecule has 3 nitrogen and oxygen atoms in total. The lowest BCUT2D eigenvalue weighted by molar-refractivity contribution is 0.0526. The molecule has 0 fully saturated rings. The van der Waals surface area contributed by atoms with E-state index in [-0.39, 0.29) is 5.97 Å². The van der Waals surface area contributed by atoms with Crippen LogP contribution in [0.3, 0.4) is 0 Å². The maximum atomic E-state index is 11.7. The zero-order valence-electron chi connectivity index (χ0n) is 23.7. The molecule has 38 heavy (non-hydrogen) atoms. The van der Waals surface area contributed by atoms with Crippen LogP contribution in [-0.4, -0.2) is 12.6 Å². The fourth-order valence-corrected chi connectivity index (χ4v) is 4.81. The minimum atomic E-state index is -0.289. The maximum Gasteiger partial charge on any atom is 0.338 e. The molecule has 1 N–H and O–H groups in total. The number of rotatable bonds is 19. The van der Waals surface area contributed by atoms with E-state index in [0.29, 0.717) is 12.2 Å². The third kappa shape index (κ3) is 15.1. The Labute approximate surface area is 237 Å². The van der Waals surface area contributed by atoms with Gasteiger partial charge in [0, 0.05) is 23.2 Å². The minimum Gasteiger partial charge on any atom is -0.462 e. The summed E-state index contributed by atoms with van der Waals surface area (Å²) in [5.74, 6) is 3.66. The highest BCUT2D eigenvalue weighted by Gasteiger charge is 2.05. The predicted molar refractivity (Wildman–Crippen MR) is 163 cm³/mol. The van der Waals surface area contributed by atoms with Crippen molar-refractivity contribution in [2.24, 2.45) is 5.92 Å². The second-order valence-corrected chi connectivity index (χ2v) is 10.9. The summed E-state index contributed by atoms with van der Waals surface area (Å²) in [5.41, 5.74) is 2.86. The predicted octanol–water partition coefficient (Wildman–Crippen LogP) is 10.2. The molecule has 0 amide bonds. The number of anilines is 1. The van der Waals surface area contributed by atoms with Crippen molar-refractivity contribution in [3.63, 3.8) is 0 Å². The summed E-state index contributed by atoms with van der Waals surface area (Å²) in [7, 11) is 0. The fourth-order valence-electron chi connectivity index (χ4n) is 4.68. The van der Waals surface area contributed by atoms with Gasteiger partial charge in [0.2, 0.25) is 0 Å². The number of carbonyl (C=O) groups excluding carboxylic acids is 1. The van der Waals surface area contributed by atoms with Gasteiger partial charge in [0.15, 0.2) is 0 Å². The van der Waals surface area contributed by atoms with Crippen molar-refractivity contribution in [3.05, 3.63) is 64.7 Å². The molecule has 4 heteroatoms. The number of halogens is 1. The molecule has 0 aliphatic carbocycles. The molecule has 1 atom stereocenters. The van der Waals surface area contributed by atoms with Gasteiger partial charge >= 0.3 is 5.97 Å². The fraction of sp³-hybridized carbons (Fsp3) is 0.559. The van der Waals surface area contributed by atoms with E-state index in [0.717, 1.165) is 35.9 Å². The van der Waals surface area contributed by atoms with E-state index in [2.05, 4.69) is 36.3 Å². The normalized spacial score (nSPS) is 11.4. The highest BCUT2D eigenvalue weighted by molar-refractivity contribution is 6.30. The lowest BCUT2D eigenvalue weighted by Crippen LogP contribution is -2.04. The number of benzene rings is 2. The molecular formula is C34H48ClNO2. The molecule has 1 unspecified atom stereocenters. The van der Waals surface area contributed by atoms with Crippen LogP contribution >= 0.6 is 11.6 Å². The summed E-state index contributed by atoms with van der Waals surface area (Å²) in [6.45, 7) is 4.57. The Morgan fingerprint density at radius 1 is 0.816 bits per heavy atom. The van der Waals surface area contributed by atoms with Crippen LogP contribution in [0.5, 0.6) is 0 Å². The van der Waals surface area contributed by atoms with E-state index in [1.165, 1.54) is 82.6 Å². The Hall–Kier alpha value is -2.44. The Balaban J connectivity index is 1.33. The Morgan fingerprint density at radius 3 is 1.95 bits per heavy atom. The quantitative estimate of drug-likeness (QED) is 0.0837. The van der Waals surface area contributed by atoms with E-state index in [4.69, 9.17) is 16.3 Å². The van der Waals surface area contributed by atoms with Gasteiger partial charge in [-0.15, -0.1) is 0 Å². The lowest BCUT2D eigenvalue weighted by atomic mass is 9.95. The van der Waals surface area contributed by atoms with Crippen LogP contribution in [0.1, 0.15) is 120 Å². The monoisotopic (exact) mass is 537 g/mol. The molecule has 0 saturated heterocycles. The summed E-state index contributed by atoms with van der Waals surface area (Å²) in [6.07, 6.45) is 19.6. The van der Waals surface area contributed by atoms with Gasteiger partial charge in [-0.2, -0.15) is 0 Å². The Bertz CT molecular complexity index is 943. The van der Waals surface area contributed by atoms with E-state index in [1.54, 1.807) is 19.1 Å². The van der Waals surface area contributed by atoms with Gasteiger partial charge in [0.05, 0.1) is 12.2 Å². The van der Waals surface area contributed by atoms with E-state index in [9.17, 15) is 4.79 Å². The van der Waals surface area contributed by atoms with Crippen LogP contribution in [0.4, 0.5) is 5.69 Å². The molecule has 2 rings (SSSR count). The molecule has 0 aromatic heterocycles. The van der Waals surface area contributed by atoms with Gasteiger partial charge in [-0.25, -0.2) is 4.79 Å². The first-order chi connectivity index (χ1) is 18.6. The molecule has 208 valence electrons. The summed E-state index contributed by atoms with van der Waals surface area (Å²) < 4.78 is 4.99. The number of hydrogen-bond donors (Lipinski definition) is 1. The average Bonchev–Trinajstić information content (AvgIpc) is 2.92.